The van der Waals surface area contributed by atoms with Crippen molar-refractivity contribution in [1.82, 2.24) is 10.3 Å². The van der Waals surface area contributed by atoms with E-state index in [2.05, 4.69) is 55.3 Å². The van der Waals surface area contributed by atoms with E-state index in [0.29, 0.717) is 5.57 Å². The Morgan fingerprint density at radius 2 is 1.77 bits per heavy atom. The second-order valence-electron chi connectivity index (χ2n) is 6.56. The van der Waals surface area contributed by atoms with Gasteiger partial charge in [-0.2, -0.15) is 0 Å². The fraction of sp³-hybridized carbons (Fsp3) is 0.211. The van der Waals surface area contributed by atoms with Gasteiger partial charge in [0.15, 0.2) is 0 Å². The summed E-state index contributed by atoms with van der Waals surface area (Å²) < 4.78 is 0. The maximum absolute atomic E-state index is 12.1. The van der Waals surface area contributed by atoms with Crippen LogP contribution in [0.15, 0.2) is 54.2 Å². The highest BCUT2D eigenvalue weighted by Crippen LogP contribution is 2.26. The Bertz CT molecular complexity index is 742. The first kappa shape index (κ1) is 14.4. The standard InChI is InChI=1S/C19H20N2O/c1-19(2,3)15-8-6-13(7-9-15)17-12-14(18(22)21-17)11-16-5-4-10-20-16/h4-12,20H,1-3H3,(H,21,22). The number of amides is 1. The molecule has 2 aromatic rings. The average Bonchev–Trinajstić information content (AvgIpc) is 3.09. The van der Waals surface area contributed by atoms with Gasteiger partial charge in [0.25, 0.3) is 5.91 Å². The smallest absolute Gasteiger partial charge is 0.255 e. The number of benzene rings is 1. The van der Waals surface area contributed by atoms with Crippen molar-refractivity contribution >= 4 is 17.7 Å². The molecule has 0 saturated heterocycles. The van der Waals surface area contributed by atoms with E-state index in [9.17, 15) is 4.79 Å². The molecule has 0 atom stereocenters. The van der Waals surface area contributed by atoms with Gasteiger partial charge in [-0.05, 0) is 40.8 Å². The molecule has 1 aliphatic rings. The molecule has 0 aliphatic carbocycles. The zero-order chi connectivity index (χ0) is 15.7. The molecule has 2 heterocycles. The molecule has 3 rings (SSSR count). The van der Waals surface area contributed by atoms with Gasteiger partial charge in [-0.1, -0.05) is 45.0 Å². The van der Waals surface area contributed by atoms with E-state index in [1.807, 2.05) is 30.5 Å². The quantitative estimate of drug-likeness (QED) is 0.811. The lowest BCUT2D eigenvalue weighted by molar-refractivity contribution is -0.115. The molecule has 1 aromatic heterocycles. The van der Waals surface area contributed by atoms with Gasteiger partial charge >= 0.3 is 0 Å². The molecule has 0 fully saturated rings. The molecule has 1 amide bonds. The predicted octanol–water partition coefficient (Wildman–Crippen LogP) is 3.87. The number of carbonyl (C=O) groups is 1. The van der Waals surface area contributed by atoms with Gasteiger partial charge in [-0.15, -0.1) is 0 Å². The first-order valence-corrected chi connectivity index (χ1v) is 7.42. The van der Waals surface area contributed by atoms with E-state index < -0.39 is 0 Å². The van der Waals surface area contributed by atoms with Crippen LogP contribution in [0.5, 0.6) is 0 Å². The molecule has 1 aromatic carbocycles. The number of carbonyl (C=O) groups excluding carboxylic acids is 1. The number of hydrogen-bond acceptors (Lipinski definition) is 1. The monoisotopic (exact) mass is 292 g/mol. The molecule has 0 unspecified atom stereocenters. The lowest BCUT2D eigenvalue weighted by Crippen LogP contribution is -2.16. The van der Waals surface area contributed by atoms with Gasteiger partial charge in [0, 0.05) is 23.2 Å². The second kappa shape index (κ2) is 5.34. The molecule has 3 heteroatoms. The molecule has 0 bridgehead atoms. The Morgan fingerprint density at radius 3 is 2.36 bits per heavy atom. The van der Waals surface area contributed by atoms with E-state index >= 15 is 0 Å². The molecular weight excluding hydrogens is 272 g/mol. The van der Waals surface area contributed by atoms with Gasteiger partial charge in [-0.3, -0.25) is 4.79 Å². The van der Waals surface area contributed by atoms with Crippen LogP contribution in [0.1, 0.15) is 37.6 Å². The largest absolute Gasteiger partial charge is 0.362 e. The van der Waals surface area contributed by atoms with Crippen molar-refractivity contribution in [3.8, 4) is 0 Å². The Kier molecular flexibility index (Phi) is 3.49. The summed E-state index contributed by atoms with van der Waals surface area (Å²) in [6, 6.07) is 12.2. The van der Waals surface area contributed by atoms with Crippen LogP contribution in [0, 0.1) is 0 Å². The van der Waals surface area contributed by atoms with E-state index in [-0.39, 0.29) is 11.3 Å². The number of H-pyrrole nitrogens is 1. The predicted molar refractivity (Wildman–Crippen MR) is 90.0 cm³/mol. The summed E-state index contributed by atoms with van der Waals surface area (Å²) in [6.45, 7) is 6.57. The van der Waals surface area contributed by atoms with Gasteiger partial charge < -0.3 is 10.3 Å². The third-order valence-electron chi connectivity index (χ3n) is 3.81. The first-order chi connectivity index (χ1) is 10.4. The summed E-state index contributed by atoms with van der Waals surface area (Å²) in [6.07, 6.45) is 5.59. The molecule has 0 saturated carbocycles. The number of hydrogen-bond donors (Lipinski definition) is 2. The fourth-order valence-corrected chi connectivity index (χ4v) is 2.47. The molecule has 112 valence electrons. The highest BCUT2D eigenvalue weighted by Gasteiger charge is 2.20. The zero-order valence-electron chi connectivity index (χ0n) is 13.1. The topological polar surface area (TPSA) is 44.9 Å². The molecular formula is C19H20N2O. The van der Waals surface area contributed by atoms with E-state index in [1.54, 1.807) is 0 Å². The van der Waals surface area contributed by atoms with Crippen LogP contribution in [0.4, 0.5) is 0 Å². The van der Waals surface area contributed by atoms with Crippen LogP contribution in [0.25, 0.3) is 11.8 Å². The summed E-state index contributed by atoms with van der Waals surface area (Å²) in [5.41, 5.74) is 4.87. The molecule has 22 heavy (non-hydrogen) atoms. The molecule has 3 nitrogen and oxygen atoms in total. The molecule has 0 spiro atoms. The van der Waals surface area contributed by atoms with E-state index in [4.69, 9.17) is 0 Å². The van der Waals surface area contributed by atoms with Crippen LogP contribution in [-0.2, 0) is 10.2 Å². The lowest BCUT2D eigenvalue weighted by atomic mass is 9.86. The average molecular weight is 292 g/mol. The van der Waals surface area contributed by atoms with Crippen molar-refractivity contribution in [2.45, 2.75) is 26.2 Å². The van der Waals surface area contributed by atoms with Crippen molar-refractivity contribution in [2.24, 2.45) is 0 Å². The highest BCUT2D eigenvalue weighted by molar-refractivity contribution is 6.10. The normalized spacial score (nSPS) is 16.8. The van der Waals surface area contributed by atoms with Crippen LogP contribution >= 0.6 is 0 Å². The SMILES string of the molecule is CC(C)(C)c1ccc(C2=CC(=Cc3ccc[nH]3)C(=O)N2)cc1. The minimum atomic E-state index is -0.0653. The summed E-state index contributed by atoms with van der Waals surface area (Å²) in [5, 5.41) is 2.93. The van der Waals surface area contributed by atoms with Crippen LogP contribution in [0.2, 0.25) is 0 Å². The minimum absolute atomic E-state index is 0.0653. The lowest BCUT2D eigenvalue weighted by Gasteiger charge is -2.19. The number of aromatic nitrogens is 1. The van der Waals surface area contributed by atoms with Gasteiger partial charge in [-0.25, -0.2) is 0 Å². The third-order valence-corrected chi connectivity index (χ3v) is 3.81. The maximum Gasteiger partial charge on any atom is 0.255 e. The van der Waals surface area contributed by atoms with Crippen molar-refractivity contribution in [2.75, 3.05) is 0 Å². The number of nitrogens with one attached hydrogen (secondary N) is 2. The number of aromatic amines is 1. The molecule has 2 N–H and O–H groups in total. The minimum Gasteiger partial charge on any atom is -0.362 e. The van der Waals surface area contributed by atoms with E-state index in [1.165, 1.54) is 5.56 Å². The zero-order valence-corrected chi connectivity index (χ0v) is 13.1. The van der Waals surface area contributed by atoms with Gasteiger partial charge in [0.1, 0.15) is 0 Å². The number of rotatable bonds is 2. The summed E-state index contributed by atoms with van der Waals surface area (Å²) >= 11 is 0. The van der Waals surface area contributed by atoms with Gasteiger partial charge in [0.05, 0.1) is 0 Å². The van der Waals surface area contributed by atoms with Crippen LogP contribution < -0.4 is 5.32 Å². The molecule has 1 aliphatic heterocycles. The Labute approximate surface area is 130 Å². The van der Waals surface area contributed by atoms with Crippen molar-refractivity contribution in [3.63, 3.8) is 0 Å². The molecule has 0 radical (unpaired) electrons. The Morgan fingerprint density at radius 1 is 1.05 bits per heavy atom. The van der Waals surface area contributed by atoms with Crippen molar-refractivity contribution in [1.29, 1.82) is 0 Å². The van der Waals surface area contributed by atoms with Crippen molar-refractivity contribution in [3.05, 3.63) is 71.1 Å². The third kappa shape index (κ3) is 2.89. The summed E-state index contributed by atoms with van der Waals surface area (Å²) in [4.78, 5) is 15.1. The first-order valence-electron chi connectivity index (χ1n) is 7.42. The Hall–Kier alpha value is -2.55. The second-order valence-corrected chi connectivity index (χ2v) is 6.56. The van der Waals surface area contributed by atoms with Crippen molar-refractivity contribution < 1.29 is 4.79 Å². The van der Waals surface area contributed by atoms with Crippen LogP contribution in [-0.4, -0.2) is 10.9 Å². The summed E-state index contributed by atoms with van der Waals surface area (Å²) in [5.74, 6) is -0.0653. The highest BCUT2D eigenvalue weighted by atomic mass is 16.1. The van der Waals surface area contributed by atoms with Gasteiger partial charge in [0.2, 0.25) is 0 Å². The Balaban J connectivity index is 1.88. The fourth-order valence-electron chi connectivity index (χ4n) is 2.47. The van der Waals surface area contributed by atoms with E-state index in [0.717, 1.165) is 17.0 Å². The van der Waals surface area contributed by atoms with Crippen LogP contribution in [0.3, 0.4) is 0 Å². The summed E-state index contributed by atoms with van der Waals surface area (Å²) in [7, 11) is 0. The maximum atomic E-state index is 12.1.